The van der Waals surface area contributed by atoms with E-state index in [2.05, 4.69) is 5.32 Å². The Bertz CT molecular complexity index is 939. The van der Waals surface area contributed by atoms with Crippen molar-refractivity contribution in [3.8, 4) is 5.75 Å². The Kier molecular flexibility index (Phi) is 6.49. The number of thiocarbonyl (C=S) groups is 1. The van der Waals surface area contributed by atoms with Gasteiger partial charge >= 0.3 is 0 Å². The summed E-state index contributed by atoms with van der Waals surface area (Å²) in [5, 5.41) is 2.83. The zero-order chi connectivity index (χ0) is 20.1. The van der Waals surface area contributed by atoms with Crippen molar-refractivity contribution in [3.05, 3.63) is 64.6 Å². The van der Waals surface area contributed by atoms with Gasteiger partial charge in [-0.05, 0) is 49.2 Å². The maximum absolute atomic E-state index is 12.2. The predicted octanol–water partition coefficient (Wildman–Crippen LogP) is 4.23. The number of ether oxygens (including phenoxy) is 1. The second-order valence-electron chi connectivity index (χ2n) is 6.15. The molecule has 0 aromatic heterocycles. The number of carbonyl (C=O) groups excluding carboxylic acids is 2. The minimum absolute atomic E-state index is 0.0642. The fourth-order valence-electron chi connectivity index (χ4n) is 2.63. The highest BCUT2D eigenvalue weighted by atomic mass is 32.2. The summed E-state index contributed by atoms with van der Waals surface area (Å²) in [5.74, 6) is 0.297. The standard InChI is InChI=1S/C21H20N2O3S2/c1-3-23-20(25)18(28-21(23)27)12-15-8-10-16(11-9-15)26-13-19(24)22-17-7-5-4-6-14(17)2/h4-12H,3,13H2,1-2H3,(H,22,24)/b18-12+. The summed E-state index contributed by atoms with van der Waals surface area (Å²) in [6.45, 7) is 4.32. The van der Waals surface area contributed by atoms with E-state index in [9.17, 15) is 9.59 Å². The number of para-hydroxylation sites is 1. The number of hydrogen-bond acceptors (Lipinski definition) is 5. The molecule has 144 valence electrons. The number of rotatable bonds is 6. The first-order chi connectivity index (χ1) is 13.5. The Balaban J connectivity index is 1.57. The van der Waals surface area contributed by atoms with Gasteiger partial charge in [0.15, 0.2) is 6.61 Å². The number of hydrogen-bond donors (Lipinski definition) is 1. The summed E-state index contributed by atoms with van der Waals surface area (Å²) in [6, 6.07) is 14.8. The Morgan fingerprint density at radius 2 is 1.93 bits per heavy atom. The van der Waals surface area contributed by atoms with E-state index in [4.69, 9.17) is 17.0 Å². The van der Waals surface area contributed by atoms with Gasteiger partial charge in [0.1, 0.15) is 10.1 Å². The van der Waals surface area contributed by atoms with Crippen molar-refractivity contribution < 1.29 is 14.3 Å². The largest absolute Gasteiger partial charge is 0.484 e. The van der Waals surface area contributed by atoms with Crippen molar-refractivity contribution in [3.63, 3.8) is 0 Å². The maximum Gasteiger partial charge on any atom is 0.266 e. The molecule has 0 saturated carbocycles. The molecule has 0 spiro atoms. The second kappa shape index (κ2) is 9.03. The molecule has 3 rings (SSSR count). The lowest BCUT2D eigenvalue weighted by Gasteiger charge is -2.10. The van der Waals surface area contributed by atoms with E-state index in [0.717, 1.165) is 16.8 Å². The molecule has 7 heteroatoms. The van der Waals surface area contributed by atoms with Gasteiger partial charge in [0, 0.05) is 12.2 Å². The normalized spacial score (nSPS) is 15.2. The van der Waals surface area contributed by atoms with Crippen LogP contribution in [0.25, 0.3) is 6.08 Å². The van der Waals surface area contributed by atoms with E-state index in [-0.39, 0.29) is 18.4 Å². The molecule has 1 fully saturated rings. The molecule has 1 N–H and O–H groups in total. The molecule has 0 atom stereocenters. The van der Waals surface area contributed by atoms with E-state index < -0.39 is 0 Å². The zero-order valence-corrected chi connectivity index (χ0v) is 17.2. The molecule has 5 nitrogen and oxygen atoms in total. The first-order valence-corrected chi connectivity index (χ1v) is 10.0. The molecule has 0 bridgehead atoms. The highest BCUT2D eigenvalue weighted by Gasteiger charge is 2.30. The summed E-state index contributed by atoms with van der Waals surface area (Å²) < 4.78 is 6.13. The maximum atomic E-state index is 12.2. The molecule has 1 aliphatic heterocycles. The third kappa shape index (κ3) is 4.79. The van der Waals surface area contributed by atoms with Crippen LogP contribution in [0.5, 0.6) is 5.75 Å². The van der Waals surface area contributed by atoms with Crippen LogP contribution in [0, 0.1) is 6.92 Å². The van der Waals surface area contributed by atoms with Crippen LogP contribution >= 0.6 is 24.0 Å². The van der Waals surface area contributed by atoms with Crippen molar-refractivity contribution in [2.45, 2.75) is 13.8 Å². The van der Waals surface area contributed by atoms with E-state index in [1.54, 1.807) is 17.0 Å². The fourth-order valence-corrected chi connectivity index (χ4v) is 4.02. The van der Waals surface area contributed by atoms with Gasteiger partial charge in [-0.1, -0.05) is 54.3 Å². The van der Waals surface area contributed by atoms with Gasteiger partial charge in [-0.25, -0.2) is 0 Å². The molecule has 0 unspecified atom stereocenters. The highest BCUT2D eigenvalue weighted by Crippen LogP contribution is 2.32. The Morgan fingerprint density at radius 3 is 2.57 bits per heavy atom. The van der Waals surface area contributed by atoms with Gasteiger partial charge in [0.2, 0.25) is 0 Å². The summed E-state index contributed by atoms with van der Waals surface area (Å²) >= 11 is 6.52. The van der Waals surface area contributed by atoms with Crippen molar-refractivity contribution in [2.24, 2.45) is 0 Å². The van der Waals surface area contributed by atoms with Crippen LogP contribution in [-0.2, 0) is 9.59 Å². The SMILES string of the molecule is CCN1C(=O)/C(=C\c2ccc(OCC(=O)Nc3ccccc3C)cc2)SC1=S. The molecule has 28 heavy (non-hydrogen) atoms. The molecule has 2 aromatic rings. The zero-order valence-electron chi connectivity index (χ0n) is 15.6. The number of anilines is 1. The average molecular weight is 413 g/mol. The smallest absolute Gasteiger partial charge is 0.266 e. The van der Waals surface area contributed by atoms with E-state index in [0.29, 0.717) is 21.5 Å². The second-order valence-corrected chi connectivity index (χ2v) is 7.82. The Labute approximate surface area is 173 Å². The topological polar surface area (TPSA) is 58.6 Å². The van der Waals surface area contributed by atoms with Gasteiger partial charge in [0.05, 0.1) is 4.91 Å². The molecule has 2 aromatic carbocycles. The lowest BCUT2D eigenvalue weighted by molar-refractivity contribution is -0.122. The monoisotopic (exact) mass is 412 g/mol. The van der Waals surface area contributed by atoms with Crippen molar-refractivity contribution in [2.75, 3.05) is 18.5 Å². The third-order valence-corrected chi connectivity index (χ3v) is 5.53. The van der Waals surface area contributed by atoms with E-state index >= 15 is 0 Å². The Hall–Kier alpha value is -2.64. The highest BCUT2D eigenvalue weighted by molar-refractivity contribution is 8.26. The van der Waals surface area contributed by atoms with Crippen LogP contribution in [0.4, 0.5) is 5.69 Å². The van der Waals surface area contributed by atoms with Crippen molar-refractivity contribution in [1.82, 2.24) is 4.90 Å². The van der Waals surface area contributed by atoms with Crippen LogP contribution in [0.3, 0.4) is 0 Å². The summed E-state index contributed by atoms with van der Waals surface area (Å²) in [7, 11) is 0. The number of aryl methyl sites for hydroxylation is 1. The van der Waals surface area contributed by atoms with Crippen LogP contribution in [0.2, 0.25) is 0 Å². The molecule has 1 saturated heterocycles. The first-order valence-electron chi connectivity index (χ1n) is 8.81. The van der Waals surface area contributed by atoms with Gasteiger partial charge in [-0.2, -0.15) is 0 Å². The Morgan fingerprint density at radius 1 is 1.21 bits per heavy atom. The van der Waals surface area contributed by atoms with E-state index in [1.807, 2.05) is 56.3 Å². The fraction of sp³-hybridized carbons (Fsp3) is 0.190. The number of nitrogens with zero attached hydrogens (tertiary/aromatic N) is 1. The molecule has 1 heterocycles. The third-order valence-electron chi connectivity index (χ3n) is 4.16. The number of thioether (sulfide) groups is 1. The van der Waals surface area contributed by atoms with Gasteiger partial charge < -0.3 is 10.1 Å². The first kappa shape index (κ1) is 20.1. The molecular formula is C21H20N2O3S2. The van der Waals surface area contributed by atoms with Crippen molar-refractivity contribution in [1.29, 1.82) is 0 Å². The van der Waals surface area contributed by atoms with Crippen LogP contribution in [0.1, 0.15) is 18.1 Å². The molecular weight excluding hydrogens is 392 g/mol. The number of likely N-dealkylation sites (N-methyl/N-ethyl adjacent to an activating group) is 1. The molecule has 0 radical (unpaired) electrons. The minimum Gasteiger partial charge on any atom is -0.484 e. The van der Waals surface area contributed by atoms with E-state index in [1.165, 1.54) is 11.8 Å². The van der Waals surface area contributed by atoms with Gasteiger partial charge in [-0.3, -0.25) is 14.5 Å². The number of benzene rings is 2. The lowest BCUT2D eigenvalue weighted by atomic mass is 10.2. The molecule has 2 amide bonds. The van der Waals surface area contributed by atoms with Crippen LogP contribution < -0.4 is 10.1 Å². The average Bonchev–Trinajstić information content (AvgIpc) is 2.95. The summed E-state index contributed by atoms with van der Waals surface area (Å²) in [4.78, 5) is 26.5. The van der Waals surface area contributed by atoms with Crippen molar-refractivity contribution >= 4 is 51.9 Å². The number of amides is 2. The lowest BCUT2D eigenvalue weighted by Crippen LogP contribution is -2.27. The summed E-state index contributed by atoms with van der Waals surface area (Å²) in [5.41, 5.74) is 2.64. The molecule has 0 aliphatic carbocycles. The van der Waals surface area contributed by atoms with Crippen LogP contribution in [0.15, 0.2) is 53.4 Å². The van der Waals surface area contributed by atoms with Gasteiger partial charge in [-0.15, -0.1) is 0 Å². The van der Waals surface area contributed by atoms with Gasteiger partial charge in [0.25, 0.3) is 11.8 Å². The quantitative estimate of drug-likeness (QED) is 0.568. The number of nitrogens with one attached hydrogen (secondary N) is 1. The minimum atomic E-state index is -0.221. The molecule has 1 aliphatic rings. The predicted molar refractivity (Wildman–Crippen MR) is 117 cm³/mol. The summed E-state index contributed by atoms with van der Waals surface area (Å²) in [6.07, 6.45) is 1.81. The van der Waals surface area contributed by atoms with Crippen LogP contribution in [-0.4, -0.2) is 34.2 Å². The number of carbonyl (C=O) groups is 2.